The minimum atomic E-state index is -4.65. The highest BCUT2D eigenvalue weighted by atomic mass is 19.4. The molecule has 0 bridgehead atoms. The average molecular weight is 709 g/mol. The normalized spacial score (nSPS) is 12.4. The zero-order chi connectivity index (χ0) is 37.2. The van der Waals surface area contributed by atoms with Gasteiger partial charge in [0, 0.05) is 6.54 Å². The van der Waals surface area contributed by atoms with Crippen molar-refractivity contribution in [3.63, 3.8) is 0 Å². The van der Waals surface area contributed by atoms with Crippen molar-refractivity contribution < 1.29 is 54.9 Å². The molecule has 1 N–H and O–H groups in total. The Morgan fingerprint density at radius 3 is 1.88 bits per heavy atom. The molecule has 0 aliphatic rings. The van der Waals surface area contributed by atoms with E-state index in [9.17, 15) is 40.7 Å². The molecule has 50 heavy (non-hydrogen) atoms. The molecule has 2 amide bonds. The second kappa shape index (κ2) is 13.9. The summed E-state index contributed by atoms with van der Waals surface area (Å²) in [4.78, 5) is 43.7. The van der Waals surface area contributed by atoms with Crippen LogP contribution < -0.4 is 10.4 Å². The number of amides is 2. The van der Waals surface area contributed by atoms with Gasteiger partial charge in [-0.3, -0.25) is 0 Å². The molecular formula is C34H34F6N4O6. The Morgan fingerprint density at radius 2 is 1.32 bits per heavy atom. The predicted molar refractivity (Wildman–Crippen MR) is 169 cm³/mol. The maximum atomic E-state index is 13.5. The third-order valence-electron chi connectivity index (χ3n) is 6.58. The molecule has 0 fully saturated rings. The molecule has 0 aliphatic carbocycles. The minimum absolute atomic E-state index is 0.0374. The van der Waals surface area contributed by atoms with Crippen LogP contribution in [0.2, 0.25) is 0 Å². The monoisotopic (exact) mass is 708 g/mol. The summed E-state index contributed by atoms with van der Waals surface area (Å²) in [5.74, 6) is -1.21. The van der Waals surface area contributed by atoms with Gasteiger partial charge in [0.2, 0.25) is 0 Å². The first-order valence-electron chi connectivity index (χ1n) is 15.0. The molecule has 0 aliphatic heterocycles. The predicted octanol–water partition coefficient (Wildman–Crippen LogP) is 8.66. The minimum Gasteiger partial charge on any atom is -0.456 e. The van der Waals surface area contributed by atoms with Crippen molar-refractivity contribution in [2.24, 2.45) is 0 Å². The van der Waals surface area contributed by atoms with Gasteiger partial charge in [0.05, 0.1) is 22.2 Å². The van der Waals surface area contributed by atoms with Gasteiger partial charge < -0.3 is 18.8 Å². The van der Waals surface area contributed by atoms with E-state index in [1.165, 1.54) is 41.0 Å². The van der Waals surface area contributed by atoms with Gasteiger partial charge in [-0.2, -0.15) is 31.4 Å². The number of nitrogens with one attached hydrogen (secondary N) is 1. The van der Waals surface area contributed by atoms with Crippen molar-refractivity contribution >= 4 is 35.0 Å². The molecule has 10 nitrogen and oxygen atoms in total. The van der Waals surface area contributed by atoms with E-state index in [-0.39, 0.29) is 40.2 Å². The third kappa shape index (κ3) is 9.89. The number of rotatable bonds is 6. The summed E-state index contributed by atoms with van der Waals surface area (Å²) in [6.45, 7) is 8.77. The van der Waals surface area contributed by atoms with Crippen LogP contribution >= 0.6 is 0 Å². The van der Waals surface area contributed by atoms with Crippen LogP contribution in [0.25, 0.3) is 11.0 Å². The number of pyridine rings is 1. The van der Waals surface area contributed by atoms with Gasteiger partial charge in [-0.05, 0) is 95.1 Å². The van der Waals surface area contributed by atoms with E-state index < -0.39 is 59.4 Å². The molecule has 4 rings (SSSR count). The fourth-order valence-electron chi connectivity index (χ4n) is 4.58. The Kier molecular flexibility index (Phi) is 10.4. The van der Waals surface area contributed by atoms with Crippen molar-refractivity contribution in [2.75, 3.05) is 5.01 Å². The quantitative estimate of drug-likeness (QED) is 0.0924. The molecule has 2 aromatic heterocycles. The number of hydrazine groups is 1. The van der Waals surface area contributed by atoms with E-state index in [1.807, 2.05) is 0 Å². The number of fused-ring (bicyclic) bond motifs is 1. The number of nitrogens with zero attached hydrogens (tertiary/aromatic N) is 3. The lowest BCUT2D eigenvalue weighted by Gasteiger charge is -2.28. The molecule has 0 saturated heterocycles. The van der Waals surface area contributed by atoms with Gasteiger partial charge >= 0.3 is 30.5 Å². The van der Waals surface area contributed by atoms with Crippen molar-refractivity contribution in [1.82, 2.24) is 15.0 Å². The highest BCUT2D eigenvalue weighted by Crippen LogP contribution is 2.32. The summed E-state index contributed by atoms with van der Waals surface area (Å²) >= 11 is 0. The summed E-state index contributed by atoms with van der Waals surface area (Å²) in [7, 11) is 0. The smallest absolute Gasteiger partial charge is 0.435 e. The van der Waals surface area contributed by atoms with E-state index >= 15 is 0 Å². The number of hydrogen-bond acceptors (Lipinski definition) is 7. The molecule has 0 radical (unpaired) electrons. The van der Waals surface area contributed by atoms with E-state index in [1.54, 1.807) is 41.5 Å². The first kappa shape index (κ1) is 37.5. The number of ether oxygens (including phenoxy) is 3. The van der Waals surface area contributed by atoms with Crippen LogP contribution in [-0.2, 0) is 39.7 Å². The number of esters is 1. The van der Waals surface area contributed by atoms with Crippen LogP contribution in [0.1, 0.15) is 74.3 Å². The topological polar surface area (TPSA) is 112 Å². The number of halogens is 6. The SMILES string of the molecule is CC(C)(C)OC(=O)NN(C(=O)OC(C)(C)C)c1ccc2c(cc(C(=O)OCc3cccc(C(F)(F)F)c3)n2Cc2cccc(C(F)(F)F)c2)n1. The number of carbonyl (C=O) groups is 3. The summed E-state index contributed by atoms with van der Waals surface area (Å²) < 4.78 is 97.5. The Labute approximate surface area is 282 Å². The number of aromatic nitrogens is 2. The van der Waals surface area contributed by atoms with Crippen LogP contribution in [0.15, 0.2) is 66.7 Å². The van der Waals surface area contributed by atoms with E-state index in [2.05, 4.69) is 10.4 Å². The number of alkyl halides is 6. The summed E-state index contributed by atoms with van der Waals surface area (Å²) in [5.41, 5.74) is -1.31. The van der Waals surface area contributed by atoms with Crippen molar-refractivity contribution in [2.45, 2.75) is 78.2 Å². The van der Waals surface area contributed by atoms with Gasteiger partial charge in [0.15, 0.2) is 5.82 Å². The molecule has 0 unspecified atom stereocenters. The second-order valence-electron chi connectivity index (χ2n) is 13.1. The Hall–Kier alpha value is -5.28. The molecule has 268 valence electrons. The molecule has 16 heteroatoms. The van der Waals surface area contributed by atoms with Gasteiger partial charge in [-0.25, -0.2) is 24.8 Å². The summed E-state index contributed by atoms with van der Waals surface area (Å²) in [6, 6.07) is 12.5. The zero-order valence-corrected chi connectivity index (χ0v) is 27.8. The van der Waals surface area contributed by atoms with Crippen molar-refractivity contribution in [3.05, 3.63) is 94.7 Å². The third-order valence-corrected chi connectivity index (χ3v) is 6.58. The van der Waals surface area contributed by atoms with Gasteiger partial charge in [-0.1, -0.05) is 24.3 Å². The van der Waals surface area contributed by atoms with E-state index in [0.29, 0.717) is 5.01 Å². The zero-order valence-electron chi connectivity index (χ0n) is 27.8. The molecule has 0 saturated carbocycles. The number of hydrogen-bond donors (Lipinski definition) is 1. The largest absolute Gasteiger partial charge is 0.456 e. The van der Waals surface area contributed by atoms with Crippen molar-refractivity contribution in [3.8, 4) is 0 Å². The Bertz CT molecular complexity index is 1890. The first-order chi connectivity index (χ1) is 23.0. The van der Waals surface area contributed by atoms with Crippen LogP contribution in [0.4, 0.5) is 41.7 Å². The van der Waals surface area contributed by atoms with E-state index in [0.717, 1.165) is 30.3 Å². The average Bonchev–Trinajstić information content (AvgIpc) is 3.33. The Morgan fingerprint density at radius 1 is 0.760 bits per heavy atom. The maximum Gasteiger partial charge on any atom is 0.435 e. The molecule has 4 aromatic rings. The molecule has 2 heterocycles. The lowest BCUT2D eigenvalue weighted by Crippen LogP contribution is -2.50. The second-order valence-corrected chi connectivity index (χ2v) is 13.1. The molecule has 0 atom stereocenters. The Balaban J connectivity index is 1.77. The van der Waals surface area contributed by atoms with Gasteiger partial charge in [-0.15, -0.1) is 0 Å². The van der Waals surface area contributed by atoms with Crippen LogP contribution in [0.3, 0.4) is 0 Å². The summed E-state index contributed by atoms with van der Waals surface area (Å²) in [6.07, 6.45) is -11.3. The standard InChI is InChI=1S/C34H34F6N4O6/c1-31(2,3)49-29(46)42-44(30(47)50-32(4,5)6)27-14-13-25-24(41-27)17-26(43(25)18-20-9-7-11-22(15-20)33(35,36)37)28(45)48-19-21-10-8-12-23(16-21)34(38,39)40/h7-17H,18-19H2,1-6H3,(H,42,46). The fraction of sp³-hybridized carbons (Fsp3) is 0.353. The molecule has 2 aromatic carbocycles. The van der Waals surface area contributed by atoms with Crippen molar-refractivity contribution in [1.29, 1.82) is 0 Å². The number of carbonyl (C=O) groups excluding carboxylic acids is 3. The number of anilines is 1. The fourth-order valence-corrected chi connectivity index (χ4v) is 4.58. The molecule has 0 spiro atoms. The van der Waals surface area contributed by atoms with E-state index in [4.69, 9.17) is 14.2 Å². The van der Waals surface area contributed by atoms with Gasteiger partial charge in [0.25, 0.3) is 0 Å². The maximum absolute atomic E-state index is 13.5. The number of benzene rings is 2. The molecular weight excluding hydrogens is 674 g/mol. The van der Waals surface area contributed by atoms with Crippen LogP contribution in [-0.4, -0.2) is 38.9 Å². The summed E-state index contributed by atoms with van der Waals surface area (Å²) in [5, 5.41) is 0.689. The lowest BCUT2D eigenvalue weighted by molar-refractivity contribution is -0.138. The van der Waals surface area contributed by atoms with Crippen LogP contribution in [0, 0.1) is 0 Å². The highest BCUT2D eigenvalue weighted by molar-refractivity contribution is 5.96. The van der Waals surface area contributed by atoms with Crippen LogP contribution in [0.5, 0.6) is 0 Å². The highest BCUT2D eigenvalue weighted by Gasteiger charge is 2.32. The van der Waals surface area contributed by atoms with Gasteiger partial charge in [0.1, 0.15) is 23.5 Å². The lowest BCUT2D eigenvalue weighted by atomic mass is 10.1. The first-order valence-corrected chi connectivity index (χ1v) is 15.0.